The highest BCUT2D eigenvalue weighted by molar-refractivity contribution is 5.97. The van der Waals surface area contributed by atoms with E-state index >= 15 is 0 Å². The number of carbonyl (C=O) groups is 2. The molecule has 0 bridgehead atoms. The lowest BCUT2D eigenvalue weighted by atomic mass is 9.98. The minimum Gasteiger partial charge on any atom is -0.489 e. The fourth-order valence-electron chi connectivity index (χ4n) is 2.45. The first-order chi connectivity index (χ1) is 11.0. The summed E-state index contributed by atoms with van der Waals surface area (Å²) in [5.41, 5.74) is 7.23. The lowest BCUT2D eigenvalue weighted by molar-refractivity contribution is -0.118. The van der Waals surface area contributed by atoms with Crippen molar-refractivity contribution in [3.63, 3.8) is 0 Å². The van der Waals surface area contributed by atoms with E-state index in [1.165, 1.54) is 0 Å². The molecule has 0 atom stereocenters. The van der Waals surface area contributed by atoms with Gasteiger partial charge in [-0.15, -0.1) is 0 Å². The average molecular weight is 320 g/mol. The molecule has 5 nitrogen and oxygen atoms in total. The van der Waals surface area contributed by atoms with Gasteiger partial charge >= 0.3 is 0 Å². The first-order valence-corrected chi connectivity index (χ1v) is 7.66. The Morgan fingerprint density at radius 1 is 1.48 bits per heavy atom. The van der Waals surface area contributed by atoms with Gasteiger partial charge < -0.3 is 15.4 Å². The SMILES string of the molecule is CC/C(=C\F)COc1ccc2c(c1)CCN(CCC(N)=O)C2=O. The lowest BCUT2D eigenvalue weighted by Gasteiger charge is -2.28. The second-order valence-electron chi connectivity index (χ2n) is 5.49. The van der Waals surface area contributed by atoms with Crippen molar-refractivity contribution in [2.45, 2.75) is 26.2 Å². The summed E-state index contributed by atoms with van der Waals surface area (Å²) in [5.74, 6) is 0.104. The van der Waals surface area contributed by atoms with E-state index in [0.717, 1.165) is 5.56 Å². The van der Waals surface area contributed by atoms with Crippen LogP contribution in [0.15, 0.2) is 30.1 Å². The van der Waals surface area contributed by atoms with E-state index in [1.807, 2.05) is 13.0 Å². The van der Waals surface area contributed by atoms with E-state index < -0.39 is 5.91 Å². The number of rotatable bonds is 7. The van der Waals surface area contributed by atoms with Crippen LogP contribution in [0.25, 0.3) is 0 Å². The second-order valence-corrected chi connectivity index (χ2v) is 5.49. The number of hydrogen-bond acceptors (Lipinski definition) is 3. The van der Waals surface area contributed by atoms with Crippen molar-refractivity contribution in [1.82, 2.24) is 4.90 Å². The van der Waals surface area contributed by atoms with Crippen LogP contribution in [0, 0.1) is 0 Å². The van der Waals surface area contributed by atoms with E-state index in [1.54, 1.807) is 17.0 Å². The zero-order chi connectivity index (χ0) is 16.8. The standard InChI is InChI=1S/C17H21FN2O3/c1-2-12(10-18)11-23-14-3-4-15-13(9-14)5-7-20(17(15)22)8-6-16(19)21/h3-4,9-10H,2,5-8,11H2,1H3,(H2,19,21)/b12-10+. The summed E-state index contributed by atoms with van der Waals surface area (Å²) in [6, 6.07) is 5.25. The Balaban J connectivity index is 2.05. The van der Waals surface area contributed by atoms with Crippen LogP contribution in [0.2, 0.25) is 0 Å². The molecular formula is C17H21FN2O3. The molecule has 0 aromatic heterocycles. The third kappa shape index (κ3) is 4.31. The van der Waals surface area contributed by atoms with Gasteiger partial charge in [0.25, 0.3) is 5.91 Å². The molecule has 0 fully saturated rings. The smallest absolute Gasteiger partial charge is 0.254 e. The van der Waals surface area contributed by atoms with E-state index in [-0.39, 0.29) is 18.9 Å². The van der Waals surface area contributed by atoms with Crippen molar-refractivity contribution in [2.75, 3.05) is 19.7 Å². The summed E-state index contributed by atoms with van der Waals surface area (Å²) in [4.78, 5) is 24.9. The number of ether oxygens (including phenoxy) is 1. The molecular weight excluding hydrogens is 299 g/mol. The molecule has 1 aliphatic rings. The number of primary amides is 1. The molecule has 1 heterocycles. The molecule has 0 aliphatic carbocycles. The number of hydrogen-bond donors (Lipinski definition) is 1. The predicted molar refractivity (Wildman–Crippen MR) is 84.8 cm³/mol. The maximum absolute atomic E-state index is 12.5. The van der Waals surface area contributed by atoms with Crippen LogP contribution in [-0.4, -0.2) is 36.4 Å². The number of nitrogens with zero attached hydrogens (tertiary/aromatic N) is 1. The highest BCUT2D eigenvalue weighted by atomic mass is 19.1. The van der Waals surface area contributed by atoms with Crippen molar-refractivity contribution < 1.29 is 18.7 Å². The zero-order valence-corrected chi connectivity index (χ0v) is 13.2. The molecule has 0 saturated carbocycles. The van der Waals surface area contributed by atoms with Gasteiger partial charge in [-0.2, -0.15) is 0 Å². The van der Waals surface area contributed by atoms with Gasteiger partial charge in [0.1, 0.15) is 12.4 Å². The van der Waals surface area contributed by atoms with Crippen LogP contribution in [0.5, 0.6) is 5.75 Å². The van der Waals surface area contributed by atoms with Crippen LogP contribution in [0.1, 0.15) is 35.7 Å². The second kappa shape index (κ2) is 7.76. The number of halogens is 1. The van der Waals surface area contributed by atoms with E-state index in [4.69, 9.17) is 10.5 Å². The third-order valence-electron chi connectivity index (χ3n) is 3.91. The zero-order valence-electron chi connectivity index (χ0n) is 13.2. The summed E-state index contributed by atoms with van der Waals surface area (Å²) >= 11 is 0. The van der Waals surface area contributed by atoms with Crippen molar-refractivity contribution in [3.8, 4) is 5.75 Å². The fraction of sp³-hybridized carbons (Fsp3) is 0.412. The van der Waals surface area contributed by atoms with Gasteiger partial charge in [0.05, 0.1) is 6.33 Å². The fourth-order valence-corrected chi connectivity index (χ4v) is 2.45. The molecule has 0 spiro atoms. The summed E-state index contributed by atoms with van der Waals surface area (Å²) in [6.45, 7) is 2.95. The molecule has 0 unspecified atom stereocenters. The molecule has 2 N–H and O–H groups in total. The minimum atomic E-state index is -0.417. The predicted octanol–water partition coefficient (Wildman–Crippen LogP) is 2.20. The average Bonchev–Trinajstić information content (AvgIpc) is 2.55. The van der Waals surface area contributed by atoms with E-state index in [2.05, 4.69) is 0 Å². The van der Waals surface area contributed by atoms with Crippen LogP contribution < -0.4 is 10.5 Å². The number of carbonyl (C=O) groups excluding carboxylic acids is 2. The van der Waals surface area contributed by atoms with Crippen molar-refractivity contribution in [3.05, 3.63) is 41.2 Å². The Morgan fingerprint density at radius 3 is 2.91 bits per heavy atom. The first kappa shape index (κ1) is 17.0. The van der Waals surface area contributed by atoms with Gasteiger partial charge in [-0.25, -0.2) is 4.39 Å². The quantitative estimate of drug-likeness (QED) is 0.837. The number of benzene rings is 1. The topological polar surface area (TPSA) is 72.6 Å². The molecule has 23 heavy (non-hydrogen) atoms. The van der Waals surface area contributed by atoms with Crippen LogP contribution in [0.4, 0.5) is 4.39 Å². The molecule has 1 aliphatic heterocycles. The van der Waals surface area contributed by atoms with Crippen molar-refractivity contribution >= 4 is 11.8 Å². The van der Waals surface area contributed by atoms with Crippen LogP contribution >= 0.6 is 0 Å². The number of nitrogens with two attached hydrogens (primary N) is 1. The van der Waals surface area contributed by atoms with Gasteiger partial charge in [-0.3, -0.25) is 9.59 Å². The van der Waals surface area contributed by atoms with Gasteiger partial charge in [0.15, 0.2) is 0 Å². The molecule has 0 saturated heterocycles. The summed E-state index contributed by atoms with van der Waals surface area (Å²) < 4.78 is 18.1. The Kier molecular flexibility index (Phi) is 5.73. The van der Waals surface area contributed by atoms with Crippen LogP contribution in [0.3, 0.4) is 0 Å². The Labute approximate surface area is 134 Å². The summed E-state index contributed by atoms with van der Waals surface area (Å²) in [6.07, 6.45) is 2.02. The highest BCUT2D eigenvalue weighted by Crippen LogP contribution is 2.24. The van der Waals surface area contributed by atoms with Gasteiger partial charge in [-0.05, 0) is 42.2 Å². The Bertz CT molecular complexity index is 628. The number of amides is 2. The first-order valence-electron chi connectivity index (χ1n) is 7.66. The normalized spacial score (nSPS) is 14.6. The largest absolute Gasteiger partial charge is 0.489 e. The molecule has 0 radical (unpaired) electrons. The van der Waals surface area contributed by atoms with Gasteiger partial charge in [-0.1, -0.05) is 6.92 Å². The third-order valence-corrected chi connectivity index (χ3v) is 3.91. The summed E-state index contributed by atoms with van der Waals surface area (Å²) in [7, 11) is 0. The minimum absolute atomic E-state index is 0.100. The maximum Gasteiger partial charge on any atom is 0.254 e. The van der Waals surface area contributed by atoms with E-state index in [0.29, 0.717) is 49.1 Å². The lowest BCUT2D eigenvalue weighted by Crippen LogP contribution is -2.39. The molecule has 1 aromatic rings. The van der Waals surface area contributed by atoms with Gasteiger partial charge in [0.2, 0.25) is 5.91 Å². The van der Waals surface area contributed by atoms with Crippen molar-refractivity contribution in [2.24, 2.45) is 5.73 Å². The highest BCUT2D eigenvalue weighted by Gasteiger charge is 2.24. The molecule has 2 amide bonds. The van der Waals surface area contributed by atoms with Crippen LogP contribution in [-0.2, 0) is 11.2 Å². The van der Waals surface area contributed by atoms with E-state index in [9.17, 15) is 14.0 Å². The molecule has 2 rings (SSSR count). The monoisotopic (exact) mass is 320 g/mol. The Hall–Kier alpha value is -2.37. The Morgan fingerprint density at radius 2 is 2.26 bits per heavy atom. The van der Waals surface area contributed by atoms with Gasteiger partial charge in [0, 0.05) is 25.1 Å². The molecule has 124 valence electrons. The maximum atomic E-state index is 12.5. The number of fused-ring (bicyclic) bond motifs is 1. The summed E-state index contributed by atoms with van der Waals surface area (Å²) in [5, 5.41) is 0. The molecule has 1 aromatic carbocycles. The van der Waals surface area contributed by atoms with Crippen molar-refractivity contribution in [1.29, 1.82) is 0 Å². The molecule has 6 heteroatoms.